The van der Waals surface area contributed by atoms with Crippen molar-refractivity contribution in [1.82, 2.24) is 0 Å². The van der Waals surface area contributed by atoms with E-state index in [-0.39, 0.29) is 5.78 Å². The molecule has 1 rings (SSSR count). The Bertz CT molecular complexity index is 388. The van der Waals surface area contributed by atoms with E-state index in [0.717, 1.165) is 4.88 Å². The topological polar surface area (TPSA) is 65.8 Å². The highest BCUT2D eigenvalue weighted by atomic mass is 32.1. The summed E-state index contributed by atoms with van der Waals surface area (Å²) in [5.74, 6) is -0.0275. The summed E-state index contributed by atoms with van der Waals surface area (Å²) in [6.07, 6.45) is 3.10. The van der Waals surface area contributed by atoms with Crippen LogP contribution in [0.25, 0.3) is 16.5 Å². The Morgan fingerprint density at radius 3 is 3.15 bits per heavy atom. The Morgan fingerprint density at radius 1 is 1.77 bits per heavy atom. The predicted octanol–water partition coefficient (Wildman–Crippen LogP) is 3.29. The summed E-state index contributed by atoms with van der Waals surface area (Å²) >= 11 is 1.43. The molecule has 0 atom stereocenters. The molecule has 1 aromatic rings. The third kappa shape index (κ3) is 2.74. The molecule has 0 saturated carbocycles. The molecule has 0 aliphatic carbocycles. The molecule has 0 N–H and O–H groups in total. The van der Waals surface area contributed by atoms with E-state index in [1.165, 1.54) is 24.3 Å². The highest BCUT2D eigenvalue weighted by molar-refractivity contribution is 7.11. The number of ketones is 1. The van der Waals surface area contributed by atoms with Crippen LogP contribution in [-0.4, -0.2) is 5.78 Å². The fraction of sp³-hybridized carbons (Fsp3) is 0.125. The first-order chi connectivity index (χ1) is 6.24. The molecule has 4 nitrogen and oxygen atoms in total. The Labute approximate surface area is 79.1 Å². The lowest BCUT2D eigenvalue weighted by Gasteiger charge is -1.86. The molecule has 0 radical (unpaired) electrons. The summed E-state index contributed by atoms with van der Waals surface area (Å²) in [4.78, 5) is 14.1. The van der Waals surface area contributed by atoms with Crippen LogP contribution in [0.5, 0.6) is 0 Å². The molecule has 1 heterocycles. The van der Waals surface area contributed by atoms with Crippen molar-refractivity contribution in [3.05, 3.63) is 32.8 Å². The molecule has 0 saturated heterocycles. The standard InChI is InChI=1S/C8H7N3OS/c1-6(12)2-3-8-7(10-11-9)4-5-13-8/h2-5H,1H3/b3-2+. The van der Waals surface area contributed by atoms with Crippen LogP contribution in [0.4, 0.5) is 5.69 Å². The zero-order chi connectivity index (χ0) is 9.68. The number of allylic oxidation sites excluding steroid dienone is 1. The maximum absolute atomic E-state index is 10.6. The van der Waals surface area contributed by atoms with Gasteiger partial charge in [0.25, 0.3) is 0 Å². The van der Waals surface area contributed by atoms with Gasteiger partial charge in [0.05, 0.1) is 5.69 Å². The minimum atomic E-state index is -0.0275. The Balaban J connectivity index is 2.94. The lowest BCUT2D eigenvalue weighted by atomic mass is 10.3. The van der Waals surface area contributed by atoms with E-state index in [9.17, 15) is 4.79 Å². The number of rotatable bonds is 3. The second kappa shape index (κ2) is 4.45. The van der Waals surface area contributed by atoms with Crippen LogP contribution in [0, 0.1) is 0 Å². The van der Waals surface area contributed by atoms with Crippen molar-refractivity contribution >= 4 is 28.9 Å². The van der Waals surface area contributed by atoms with Gasteiger partial charge in [-0.05, 0) is 36.1 Å². The summed E-state index contributed by atoms with van der Waals surface area (Å²) in [6.45, 7) is 1.47. The second-order valence-electron chi connectivity index (χ2n) is 2.30. The van der Waals surface area contributed by atoms with Crippen molar-refractivity contribution in [2.45, 2.75) is 6.92 Å². The maximum atomic E-state index is 10.6. The normalized spacial score (nSPS) is 9.92. The first kappa shape index (κ1) is 9.51. The van der Waals surface area contributed by atoms with Crippen molar-refractivity contribution in [1.29, 1.82) is 0 Å². The van der Waals surface area contributed by atoms with Crippen molar-refractivity contribution in [3.8, 4) is 0 Å². The average Bonchev–Trinajstić information content (AvgIpc) is 2.49. The SMILES string of the molecule is CC(=O)/C=C/c1sccc1N=[N+]=[N-]. The molecule has 0 spiro atoms. The van der Waals surface area contributed by atoms with Crippen LogP contribution in [-0.2, 0) is 4.79 Å². The zero-order valence-corrected chi connectivity index (χ0v) is 7.78. The van der Waals surface area contributed by atoms with E-state index in [0.29, 0.717) is 5.69 Å². The molecule has 66 valence electrons. The number of nitrogens with zero attached hydrogens (tertiary/aromatic N) is 3. The van der Waals surface area contributed by atoms with E-state index < -0.39 is 0 Å². The fourth-order valence-electron chi connectivity index (χ4n) is 0.763. The second-order valence-corrected chi connectivity index (χ2v) is 3.25. The first-order valence-electron chi connectivity index (χ1n) is 3.55. The third-order valence-electron chi connectivity index (χ3n) is 1.30. The number of hydrogen-bond donors (Lipinski definition) is 0. The van der Waals surface area contributed by atoms with Gasteiger partial charge in [0.2, 0.25) is 0 Å². The van der Waals surface area contributed by atoms with Gasteiger partial charge < -0.3 is 0 Å². The van der Waals surface area contributed by atoms with Crippen LogP contribution in [0.15, 0.2) is 22.6 Å². The summed E-state index contributed by atoms with van der Waals surface area (Å²) < 4.78 is 0. The van der Waals surface area contributed by atoms with Crippen molar-refractivity contribution in [2.24, 2.45) is 5.11 Å². The molecule has 0 amide bonds. The van der Waals surface area contributed by atoms with Crippen LogP contribution < -0.4 is 0 Å². The molecule has 1 aromatic heterocycles. The lowest BCUT2D eigenvalue weighted by molar-refractivity contribution is -0.112. The highest BCUT2D eigenvalue weighted by Gasteiger charge is 1.97. The number of carbonyl (C=O) groups excluding carboxylic acids is 1. The summed E-state index contributed by atoms with van der Waals surface area (Å²) in [5.41, 5.74) is 8.77. The number of hydrogen-bond acceptors (Lipinski definition) is 3. The third-order valence-corrected chi connectivity index (χ3v) is 2.17. The molecule has 0 aliphatic heterocycles. The van der Waals surface area contributed by atoms with Gasteiger partial charge in [-0.15, -0.1) is 11.3 Å². The molecule has 0 bridgehead atoms. The van der Waals surface area contributed by atoms with E-state index in [1.807, 2.05) is 5.38 Å². The monoisotopic (exact) mass is 193 g/mol. The average molecular weight is 193 g/mol. The van der Waals surface area contributed by atoms with Crippen LogP contribution in [0.2, 0.25) is 0 Å². The molecule has 0 aliphatic rings. The van der Waals surface area contributed by atoms with Crippen LogP contribution >= 0.6 is 11.3 Å². The van der Waals surface area contributed by atoms with Gasteiger partial charge in [0.1, 0.15) is 0 Å². The smallest absolute Gasteiger partial charge is 0.152 e. The maximum Gasteiger partial charge on any atom is 0.152 e. The number of azide groups is 1. The van der Waals surface area contributed by atoms with E-state index in [1.54, 1.807) is 12.1 Å². The van der Waals surface area contributed by atoms with Crippen LogP contribution in [0.1, 0.15) is 11.8 Å². The van der Waals surface area contributed by atoms with Gasteiger partial charge >= 0.3 is 0 Å². The van der Waals surface area contributed by atoms with Gasteiger partial charge in [0.15, 0.2) is 5.78 Å². The molecular weight excluding hydrogens is 186 g/mol. The van der Waals surface area contributed by atoms with Gasteiger partial charge in [0, 0.05) is 9.79 Å². The van der Waals surface area contributed by atoms with Crippen molar-refractivity contribution in [2.75, 3.05) is 0 Å². The summed E-state index contributed by atoms with van der Waals surface area (Å²) in [6, 6.07) is 1.71. The predicted molar refractivity (Wildman–Crippen MR) is 52.8 cm³/mol. The van der Waals surface area contributed by atoms with Gasteiger partial charge in [-0.1, -0.05) is 5.11 Å². The lowest BCUT2D eigenvalue weighted by Crippen LogP contribution is -1.78. The minimum absolute atomic E-state index is 0.0275. The van der Waals surface area contributed by atoms with Crippen molar-refractivity contribution in [3.63, 3.8) is 0 Å². The van der Waals surface area contributed by atoms with Gasteiger partial charge in [-0.3, -0.25) is 4.79 Å². The van der Waals surface area contributed by atoms with E-state index >= 15 is 0 Å². The Hall–Kier alpha value is -1.58. The molecular formula is C8H7N3OS. The number of thiophene rings is 1. The Kier molecular flexibility index (Phi) is 3.25. The fourth-order valence-corrected chi connectivity index (χ4v) is 1.48. The quantitative estimate of drug-likeness (QED) is 0.314. The van der Waals surface area contributed by atoms with Gasteiger partial charge in [-0.2, -0.15) is 0 Å². The highest BCUT2D eigenvalue weighted by Crippen LogP contribution is 2.26. The van der Waals surface area contributed by atoms with Crippen LogP contribution in [0.3, 0.4) is 0 Å². The molecule has 0 aromatic carbocycles. The molecule has 0 unspecified atom stereocenters. The van der Waals surface area contributed by atoms with E-state index in [4.69, 9.17) is 5.53 Å². The summed E-state index contributed by atoms with van der Waals surface area (Å²) in [5, 5.41) is 5.28. The Morgan fingerprint density at radius 2 is 2.54 bits per heavy atom. The molecule has 13 heavy (non-hydrogen) atoms. The van der Waals surface area contributed by atoms with E-state index in [2.05, 4.69) is 10.0 Å². The molecule has 5 heteroatoms. The zero-order valence-electron chi connectivity index (χ0n) is 6.97. The van der Waals surface area contributed by atoms with Gasteiger partial charge in [-0.25, -0.2) is 0 Å². The minimum Gasteiger partial charge on any atom is -0.295 e. The van der Waals surface area contributed by atoms with Crippen molar-refractivity contribution < 1.29 is 4.79 Å². The first-order valence-corrected chi connectivity index (χ1v) is 4.43. The number of carbonyl (C=O) groups is 1. The molecule has 0 fully saturated rings. The summed E-state index contributed by atoms with van der Waals surface area (Å²) in [7, 11) is 0. The largest absolute Gasteiger partial charge is 0.295 e.